The molecule has 6 aromatic carbocycles. The van der Waals surface area contributed by atoms with Crippen molar-refractivity contribution in [3.63, 3.8) is 0 Å². The fourth-order valence-electron chi connectivity index (χ4n) is 7.33. The molecule has 0 spiro atoms. The number of nitriles is 1. The van der Waals surface area contributed by atoms with Crippen LogP contribution in [0, 0.1) is 11.3 Å². The number of para-hydroxylation sites is 2. The van der Waals surface area contributed by atoms with Crippen LogP contribution < -0.4 is 4.90 Å². The molecule has 6 nitrogen and oxygen atoms in total. The Morgan fingerprint density at radius 1 is 0.620 bits per heavy atom. The van der Waals surface area contributed by atoms with E-state index < -0.39 is 6.23 Å². The van der Waals surface area contributed by atoms with E-state index in [4.69, 9.17) is 0 Å². The molecule has 0 saturated carbocycles. The van der Waals surface area contributed by atoms with Gasteiger partial charge in [0.2, 0.25) is 0 Å². The van der Waals surface area contributed by atoms with Crippen LogP contribution in [0.25, 0.3) is 60.9 Å². The molecule has 0 bridgehead atoms. The zero-order chi connectivity index (χ0) is 33.8. The lowest BCUT2D eigenvalue weighted by Crippen LogP contribution is -2.27. The van der Waals surface area contributed by atoms with Crippen LogP contribution in [0.4, 0.5) is 5.69 Å². The summed E-state index contributed by atoms with van der Waals surface area (Å²) in [6, 6.07) is 50.1. The Kier molecular flexibility index (Phi) is 6.87. The van der Waals surface area contributed by atoms with Gasteiger partial charge in [0, 0.05) is 51.1 Å². The summed E-state index contributed by atoms with van der Waals surface area (Å²) in [6.45, 7) is 0. The van der Waals surface area contributed by atoms with E-state index in [2.05, 4.69) is 39.9 Å². The molecule has 1 aliphatic heterocycles. The van der Waals surface area contributed by atoms with Gasteiger partial charge in [0.25, 0.3) is 5.91 Å². The molecule has 9 rings (SSSR count). The second-order valence-electron chi connectivity index (χ2n) is 12.4. The number of carbonyl (C=O) groups excluding carboxylic acids is 1. The molecule has 0 saturated heterocycles. The second-order valence-corrected chi connectivity index (χ2v) is 12.4. The molecule has 1 unspecified atom stereocenters. The van der Waals surface area contributed by atoms with Crippen molar-refractivity contribution >= 4 is 33.4 Å². The van der Waals surface area contributed by atoms with Crippen molar-refractivity contribution in [2.75, 3.05) is 4.90 Å². The minimum Gasteiger partial charge on any atom is -0.369 e. The van der Waals surface area contributed by atoms with Crippen LogP contribution in [0.15, 0.2) is 158 Å². The normalized spacial score (nSPS) is 13.9. The van der Waals surface area contributed by atoms with Crippen molar-refractivity contribution in [3.05, 3.63) is 175 Å². The third-order valence-electron chi connectivity index (χ3n) is 9.56. The molecule has 1 N–H and O–H groups in total. The van der Waals surface area contributed by atoms with Crippen LogP contribution >= 0.6 is 0 Å². The minimum absolute atomic E-state index is 0.273. The number of amides is 1. The Hall–Kier alpha value is -6.81. The first-order valence-corrected chi connectivity index (χ1v) is 16.4. The lowest BCUT2D eigenvalue weighted by Gasteiger charge is -2.24. The molecule has 6 heteroatoms. The molecular formula is C44H28N4O2. The fraction of sp³-hybridized carbons (Fsp3) is 0.0227. The largest absolute Gasteiger partial charge is 0.369 e. The van der Waals surface area contributed by atoms with E-state index in [1.54, 1.807) is 18.5 Å². The summed E-state index contributed by atoms with van der Waals surface area (Å²) < 4.78 is 2.13. The van der Waals surface area contributed by atoms with Crippen molar-refractivity contribution in [2.45, 2.75) is 6.23 Å². The Bertz CT molecular complexity index is 2600. The Labute approximate surface area is 288 Å². The third kappa shape index (κ3) is 4.61. The number of carbonyl (C=O) groups is 1. The molecule has 3 heterocycles. The lowest BCUT2D eigenvalue weighted by atomic mass is 9.97. The second kappa shape index (κ2) is 11.7. The molecule has 0 radical (unpaired) electrons. The van der Waals surface area contributed by atoms with E-state index in [0.29, 0.717) is 28.1 Å². The first kappa shape index (κ1) is 29.3. The molecule has 236 valence electrons. The van der Waals surface area contributed by atoms with Gasteiger partial charge in [-0.2, -0.15) is 5.26 Å². The number of benzene rings is 6. The van der Waals surface area contributed by atoms with Gasteiger partial charge in [0.05, 0.1) is 22.3 Å². The van der Waals surface area contributed by atoms with Crippen LogP contribution in [0.3, 0.4) is 0 Å². The molecule has 1 atom stereocenters. The zero-order valence-electron chi connectivity index (χ0n) is 26.7. The van der Waals surface area contributed by atoms with Crippen molar-refractivity contribution in [1.29, 1.82) is 5.26 Å². The van der Waals surface area contributed by atoms with Gasteiger partial charge < -0.3 is 9.67 Å². The van der Waals surface area contributed by atoms with Crippen LogP contribution in [0.2, 0.25) is 0 Å². The number of hydrogen-bond donors (Lipinski definition) is 1. The smallest absolute Gasteiger partial charge is 0.261 e. The number of fused-ring (bicyclic) bond motifs is 4. The minimum atomic E-state index is -1.25. The number of aliphatic hydroxyl groups excluding tert-OH is 1. The number of anilines is 1. The zero-order valence-corrected chi connectivity index (χ0v) is 26.7. The van der Waals surface area contributed by atoms with Gasteiger partial charge in [-0.15, -0.1) is 0 Å². The van der Waals surface area contributed by atoms with E-state index in [9.17, 15) is 15.2 Å². The summed E-state index contributed by atoms with van der Waals surface area (Å²) in [7, 11) is 0. The summed E-state index contributed by atoms with van der Waals surface area (Å²) in [5.74, 6) is -0.273. The van der Waals surface area contributed by atoms with Gasteiger partial charge in [-0.05, 0) is 64.7 Å². The van der Waals surface area contributed by atoms with Gasteiger partial charge in [0.15, 0.2) is 6.23 Å². The van der Waals surface area contributed by atoms with E-state index >= 15 is 0 Å². The van der Waals surface area contributed by atoms with Gasteiger partial charge in [-0.3, -0.25) is 14.7 Å². The maximum absolute atomic E-state index is 14.4. The highest BCUT2D eigenvalue weighted by Crippen LogP contribution is 2.45. The first-order valence-electron chi connectivity index (χ1n) is 16.4. The molecular weight excluding hydrogens is 617 g/mol. The molecule has 2 aromatic heterocycles. The molecule has 1 aliphatic rings. The maximum Gasteiger partial charge on any atom is 0.261 e. The number of pyridine rings is 1. The fourth-order valence-corrected chi connectivity index (χ4v) is 7.33. The number of rotatable bonds is 5. The predicted molar refractivity (Wildman–Crippen MR) is 198 cm³/mol. The van der Waals surface area contributed by atoms with Crippen molar-refractivity contribution in [3.8, 4) is 45.1 Å². The van der Waals surface area contributed by atoms with Gasteiger partial charge in [0.1, 0.15) is 6.07 Å². The Balaban J connectivity index is 1.26. The molecule has 50 heavy (non-hydrogen) atoms. The summed E-state index contributed by atoms with van der Waals surface area (Å²) in [4.78, 5) is 20.3. The topological polar surface area (TPSA) is 82.2 Å². The van der Waals surface area contributed by atoms with Gasteiger partial charge in [-0.1, -0.05) is 103 Å². The van der Waals surface area contributed by atoms with E-state index in [1.807, 2.05) is 115 Å². The van der Waals surface area contributed by atoms with Crippen molar-refractivity contribution in [2.24, 2.45) is 0 Å². The summed E-state index contributed by atoms with van der Waals surface area (Å²) >= 11 is 0. The molecule has 1 amide bonds. The number of aliphatic hydroxyl groups is 1. The number of hydrogen-bond acceptors (Lipinski definition) is 4. The van der Waals surface area contributed by atoms with E-state index in [0.717, 1.165) is 55.2 Å². The third-order valence-corrected chi connectivity index (χ3v) is 9.56. The quantitative estimate of drug-likeness (QED) is 0.202. The molecule has 8 aromatic rings. The van der Waals surface area contributed by atoms with Crippen LogP contribution in [0.1, 0.15) is 27.7 Å². The Morgan fingerprint density at radius 2 is 1.26 bits per heavy atom. The predicted octanol–water partition coefficient (Wildman–Crippen LogP) is 9.70. The van der Waals surface area contributed by atoms with Crippen molar-refractivity contribution in [1.82, 2.24) is 9.55 Å². The van der Waals surface area contributed by atoms with E-state index in [1.165, 1.54) is 4.90 Å². The standard InChI is InChI=1S/C44H28N4O2/c45-25-28-21-33(27-46-26-28)35-16-9-17-37-36-15-7-8-19-39(36)48(42(35)37)40-20-10-18-38-41(40)44(50)47(43(38)49)34-23-31(29-11-3-1-4-12-29)22-32(24-34)30-13-5-2-6-14-30/h1-24,26-27,44,50H. The van der Waals surface area contributed by atoms with E-state index in [-0.39, 0.29) is 5.91 Å². The van der Waals surface area contributed by atoms with Crippen LogP contribution in [-0.4, -0.2) is 20.6 Å². The molecule has 0 aliphatic carbocycles. The van der Waals surface area contributed by atoms with Gasteiger partial charge in [-0.25, -0.2) is 0 Å². The maximum atomic E-state index is 14.4. The summed E-state index contributed by atoms with van der Waals surface area (Å²) in [5, 5.41) is 24.0. The van der Waals surface area contributed by atoms with Gasteiger partial charge >= 0.3 is 0 Å². The monoisotopic (exact) mass is 644 g/mol. The average Bonchev–Trinajstić information content (AvgIpc) is 3.66. The van der Waals surface area contributed by atoms with Crippen LogP contribution in [-0.2, 0) is 0 Å². The molecule has 0 fully saturated rings. The van der Waals surface area contributed by atoms with Crippen molar-refractivity contribution < 1.29 is 9.90 Å². The first-order chi connectivity index (χ1) is 24.6. The summed E-state index contributed by atoms with van der Waals surface area (Å²) in [5.41, 5.74) is 10.2. The number of aromatic nitrogens is 2. The lowest BCUT2D eigenvalue weighted by molar-refractivity contribution is 0.0935. The number of nitrogens with zero attached hydrogens (tertiary/aromatic N) is 4. The summed E-state index contributed by atoms with van der Waals surface area (Å²) in [6.07, 6.45) is 2.06. The average molecular weight is 645 g/mol. The highest BCUT2D eigenvalue weighted by Gasteiger charge is 2.39. The SMILES string of the molecule is N#Cc1cncc(-c2cccc3c4ccccc4n(-c4cccc5c4C(O)N(c4cc(-c6ccccc6)cc(-c6ccccc6)c4)C5=O)c23)c1. The van der Waals surface area contributed by atoms with Crippen LogP contribution in [0.5, 0.6) is 0 Å². The highest BCUT2D eigenvalue weighted by molar-refractivity contribution is 6.15. The Morgan fingerprint density at radius 3 is 1.98 bits per heavy atom. The highest BCUT2D eigenvalue weighted by atomic mass is 16.3.